The van der Waals surface area contributed by atoms with E-state index in [1.807, 2.05) is 20.8 Å². The minimum Gasteiger partial charge on any atom is -0.459 e. The maximum atomic E-state index is 11.3. The lowest BCUT2D eigenvalue weighted by Crippen LogP contribution is -2.35. The van der Waals surface area contributed by atoms with Crippen LogP contribution in [0.5, 0.6) is 0 Å². The predicted octanol–water partition coefficient (Wildman–Crippen LogP) is 2.39. The Kier molecular flexibility index (Phi) is 7.98. The minimum atomic E-state index is -0.878. The molecule has 122 valence electrons. The van der Waals surface area contributed by atoms with E-state index in [9.17, 15) is 9.59 Å². The van der Waals surface area contributed by atoms with Crippen LogP contribution in [-0.2, 0) is 28.8 Å². The number of ether oxygens (including phenoxy) is 3. The van der Waals surface area contributed by atoms with Gasteiger partial charge in [0.1, 0.15) is 25.4 Å². The fraction of sp³-hybridized carbons (Fsp3) is 0.714. The van der Waals surface area contributed by atoms with Crippen LogP contribution in [0, 0.1) is 0 Å². The summed E-state index contributed by atoms with van der Waals surface area (Å²) in [5, 5.41) is 0. The third-order valence-corrected chi connectivity index (χ3v) is 1.77. The molecule has 0 unspecified atom stereocenters. The second-order valence-electron chi connectivity index (χ2n) is 5.80. The first-order chi connectivity index (χ1) is 9.56. The zero-order chi connectivity index (χ0) is 16.5. The Morgan fingerprint density at radius 2 is 1.52 bits per heavy atom. The molecule has 0 aromatic carbocycles. The molecule has 0 radical (unpaired) electrons. The molecule has 0 fully saturated rings. The highest BCUT2D eigenvalue weighted by Crippen LogP contribution is 2.16. The second kappa shape index (κ2) is 8.63. The Balaban J connectivity index is 3.85. The van der Waals surface area contributed by atoms with Gasteiger partial charge in [0.2, 0.25) is 0 Å². The maximum absolute atomic E-state index is 11.3. The normalized spacial score (nSPS) is 11.7. The Labute approximate surface area is 125 Å². The van der Waals surface area contributed by atoms with Gasteiger partial charge < -0.3 is 14.2 Å². The van der Waals surface area contributed by atoms with E-state index in [0.717, 1.165) is 6.08 Å². The molecule has 0 aliphatic carbocycles. The third kappa shape index (κ3) is 11.9. The number of rotatable bonds is 8. The molecule has 0 amide bonds. The lowest BCUT2D eigenvalue weighted by atomic mass is 10.2. The van der Waals surface area contributed by atoms with Crippen molar-refractivity contribution in [1.29, 1.82) is 0 Å². The summed E-state index contributed by atoms with van der Waals surface area (Å²) in [6.45, 7) is 11.9. The third-order valence-electron chi connectivity index (χ3n) is 1.77. The predicted molar refractivity (Wildman–Crippen MR) is 74.5 cm³/mol. The second-order valence-corrected chi connectivity index (χ2v) is 5.80. The first-order valence-electron chi connectivity index (χ1n) is 6.51. The van der Waals surface area contributed by atoms with E-state index in [0.29, 0.717) is 0 Å². The van der Waals surface area contributed by atoms with Crippen LogP contribution in [0.2, 0.25) is 0 Å². The highest BCUT2D eigenvalue weighted by molar-refractivity contribution is 5.81. The molecule has 0 aliphatic heterocycles. The van der Waals surface area contributed by atoms with Crippen molar-refractivity contribution < 1.29 is 33.6 Å². The van der Waals surface area contributed by atoms with Crippen molar-refractivity contribution in [3.8, 4) is 0 Å². The summed E-state index contributed by atoms with van der Waals surface area (Å²) < 4.78 is 14.2. The van der Waals surface area contributed by atoms with Crippen molar-refractivity contribution in [1.82, 2.24) is 0 Å². The van der Waals surface area contributed by atoms with Gasteiger partial charge in [-0.05, 0) is 34.6 Å². The molecule has 0 atom stereocenters. The van der Waals surface area contributed by atoms with Gasteiger partial charge in [0.25, 0.3) is 0 Å². The van der Waals surface area contributed by atoms with Crippen LogP contribution in [0.4, 0.5) is 4.79 Å². The molecule has 21 heavy (non-hydrogen) atoms. The fourth-order valence-corrected chi connectivity index (χ4v) is 0.862. The number of esters is 1. The van der Waals surface area contributed by atoms with Gasteiger partial charge in [-0.3, -0.25) is 0 Å². The van der Waals surface area contributed by atoms with Crippen LogP contribution in [0.15, 0.2) is 12.7 Å². The molecule has 0 aliphatic rings. The molecule has 0 bridgehead atoms. The Hall–Kier alpha value is -1.60. The summed E-state index contributed by atoms with van der Waals surface area (Å²) in [6, 6.07) is 0. The highest BCUT2D eigenvalue weighted by atomic mass is 17.2. The molecular weight excluding hydrogens is 280 g/mol. The molecule has 0 N–H and O–H groups in total. The van der Waals surface area contributed by atoms with Crippen LogP contribution in [0.25, 0.3) is 0 Å². The zero-order valence-corrected chi connectivity index (χ0v) is 13.3. The largest absolute Gasteiger partial charge is 0.508 e. The molecule has 0 spiro atoms. The molecule has 7 nitrogen and oxygen atoms in total. The SMILES string of the molecule is C=CC(=O)OCCOC(=O)OCC(C)(C)OOC(C)(C)C. The van der Waals surface area contributed by atoms with Gasteiger partial charge in [0, 0.05) is 6.08 Å². The molecule has 0 saturated carbocycles. The van der Waals surface area contributed by atoms with Gasteiger partial charge in [-0.15, -0.1) is 0 Å². The summed E-state index contributed by atoms with van der Waals surface area (Å²) in [5.74, 6) is -0.583. The van der Waals surface area contributed by atoms with Crippen molar-refractivity contribution in [3.63, 3.8) is 0 Å². The van der Waals surface area contributed by atoms with Gasteiger partial charge in [-0.1, -0.05) is 6.58 Å². The lowest BCUT2D eigenvalue weighted by Gasteiger charge is -2.27. The van der Waals surface area contributed by atoms with Crippen molar-refractivity contribution in [2.45, 2.75) is 45.8 Å². The van der Waals surface area contributed by atoms with Crippen LogP contribution in [-0.4, -0.2) is 43.1 Å². The summed E-state index contributed by atoms with van der Waals surface area (Å²) in [5.41, 5.74) is -1.28. The number of hydrogen-bond acceptors (Lipinski definition) is 7. The Bertz CT molecular complexity index is 355. The molecule has 7 heteroatoms. The summed E-state index contributed by atoms with van der Waals surface area (Å²) in [4.78, 5) is 32.4. The van der Waals surface area contributed by atoms with E-state index in [2.05, 4.69) is 11.3 Å². The van der Waals surface area contributed by atoms with Crippen LogP contribution >= 0.6 is 0 Å². The molecule has 0 heterocycles. The molecule has 0 rings (SSSR count). The standard InChI is InChI=1S/C14H24O7/c1-7-11(15)17-8-9-18-12(16)19-10-14(5,6)21-20-13(2,3)4/h7H,1,8-10H2,2-6H3. The summed E-state index contributed by atoms with van der Waals surface area (Å²) in [6.07, 6.45) is 0.144. The summed E-state index contributed by atoms with van der Waals surface area (Å²) in [7, 11) is 0. The topological polar surface area (TPSA) is 80.3 Å². The van der Waals surface area contributed by atoms with Gasteiger partial charge in [-0.2, -0.15) is 0 Å². The van der Waals surface area contributed by atoms with E-state index in [-0.39, 0.29) is 19.8 Å². The number of hydrogen-bond donors (Lipinski definition) is 0. The fourth-order valence-electron chi connectivity index (χ4n) is 0.862. The first kappa shape index (κ1) is 19.4. The first-order valence-corrected chi connectivity index (χ1v) is 6.51. The molecule has 0 saturated heterocycles. The molecule has 0 aromatic heterocycles. The van der Waals surface area contributed by atoms with Crippen LogP contribution in [0.1, 0.15) is 34.6 Å². The van der Waals surface area contributed by atoms with Crippen molar-refractivity contribution in [2.75, 3.05) is 19.8 Å². The Morgan fingerprint density at radius 1 is 0.952 bits per heavy atom. The quantitative estimate of drug-likeness (QED) is 0.224. The van der Waals surface area contributed by atoms with Crippen LogP contribution in [0.3, 0.4) is 0 Å². The van der Waals surface area contributed by atoms with Crippen molar-refractivity contribution in [3.05, 3.63) is 12.7 Å². The van der Waals surface area contributed by atoms with Crippen LogP contribution < -0.4 is 0 Å². The summed E-state index contributed by atoms with van der Waals surface area (Å²) >= 11 is 0. The van der Waals surface area contributed by atoms with E-state index in [1.165, 1.54) is 0 Å². The van der Waals surface area contributed by atoms with E-state index in [1.54, 1.807) is 13.8 Å². The lowest BCUT2D eigenvalue weighted by molar-refractivity contribution is -0.400. The monoisotopic (exact) mass is 304 g/mol. The van der Waals surface area contributed by atoms with Crippen molar-refractivity contribution >= 4 is 12.1 Å². The van der Waals surface area contributed by atoms with Gasteiger partial charge in [0.05, 0.1) is 5.60 Å². The smallest absolute Gasteiger partial charge is 0.459 e. The van der Waals surface area contributed by atoms with Gasteiger partial charge in [-0.25, -0.2) is 19.4 Å². The van der Waals surface area contributed by atoms with E-state index < -0.39 is 23.3 Å². The van der Waals surface area contributed by atoms with Crippen molar-refractivity contribution in [2.24, 2.45) is 0 Å². The number of carbonyl (C=O) groups is 2. The zero-order valence-electron chi connectivity index (χ0n) is 13.3. The van der Waals surface area contributed by atoms with E-state index in [4.69, 9.17) is 19.2 Å². The van der Waals surface area contributed by atoms with E-state index >= 15 is 0 Å². The number of carbonyl (C=O) groups excluding carboxylic acids is 2. The molecule has 0 aromatic rings. The average molecular weight is 304 g/mol. The highest BCUT2D eigenvalue weighted by Gasteiger charge is 2.26. The minimum absolute atomic E-state index is 0.0473. The maximum Gasteiger partial charge on any atom is 0.508 e. The average Bonchev–Trinajstić information content (AvgIpc) is 2.38. The Morgan fingerprint density at radius 3 is 2.05 bits per heavy atom. The molecular formula is C14H24O7. The van der Waals surface area contributed by atoms with Gasteiger partial charge in [0.15, 0.2) is 0 Å². The van der Waals surface area contributed by atoms with Gasteiger partial charge >= 0.3 is 12.1 Å².